The number of nitrogens with zero attached hydrogens (tertiary/aromatic N) is 3. The van der Waals surface area contributed by atoms with Crippen molar-refractivity contribution in [3.63, 3.8) is 0 Å². The summed E-state index contributed by atoms with van der Waals surface area (Å²) >= 11 is 0. The van der Waals surface area contributed by atoms with Crippen LogP contribution in [0.3, 0.4) is 0 Å². The van der Waals surface area contributed by atoms with Gasteiger partial charge in [-0.3, -0.25) is 9.69 Å². The second-order valence-electron chi connectivity index (χ2n) is 6.42. The number of aromatic hydroxyl groups is 1. The molecule has 5 heteroatoms. The van der Waals surface area contributed by atoms with Crippen LogP contribution in [-0.2, 0) is 13.1 Å². The lowest BCUT2D eigenvalue weighted by Crippen LogP contribution is -2.31. The van der Waals surface area contributed by atoms with Crippen LogP contribution in [0.4, 0.5) is 0 Å². The maximum absolute atomic E-state index is 11.8. The molecule has 0 amide bonds. The molecule has 0 atom stereocenters. The molecule has 0 bridgehead atoms. The van der Waals surface area contributed by atoms with E-state index in [9.17, 15) is 9.90 Å². The summed E-state index contributed by atoms with van der Waals surface area (Å²) < 4.78 is 2.06. The number of likely N-dealkylation sites (tertiary alicyclic amines) is 1. The molecule has 2 rings (SSSR count). The number of aryl methyl sites for hydroxylation is 1. The molecule has 0 saturated carbocycles. The van der Waals surface area contributed by atoms with Crippen molar-refractivity contribution in [2.75, 3.05) is 32.7 Å². The predicted molar refractivity (Wildman–Crippen MR) is 93.9 cm³/mol. The quantitative estimate of drug-likeness (QED) is 0.798. The van der Waals surface area contributed by atoms with Crippen LogP contribution in [-0.4, -0.2) is 52.2 Å². The van der Waals surface area contributed by atoms with Gasteiger partial charge >= 0.3 is 0 Å². The van der Waals surface area contributed by atoms with Crippen molar-refractivity contribution < 1.29 is 5.11 Å². The second kappa shape index (κ2) is 9.08. The van der Waals surface area contributed by atoms with E-state index in [1.165, 1.54) is 19.3 Å². The van der Waals surface area contributed by atoms with Crippen LogP contribution in [0.15, 0.2) is 17.1 Å². The Kier molecular flexibility index (Phi) is 7.12. The van der Waals surface area contributed by atoms with E-state index in [4.69, 9.17) is 0 Å². The first-order chi connectivity index (χ1) is 11.1. The zero-order valence-electron chi connectivity index (χ0n) is 14.6. The highest BCUT2D eigenvalue weighted by atomic mass is 16.3. The first-order valence-corrected chi connectivity index (χ1v) is 9.01. The van der Waals surface area contributed by atoms with Gasteiger partial charge in [0.05, 0.1) is 6.20 Å². The Morgan fingerprint density at radius 1 is 1.17 bits per heavy atom. The molecular formula is C18H31N3O2. The van der Waals surface area contributed by atoms with Gasteiger partial charge in [0, 0.05) is 24.8 Å². The van der Waals surface area contributed by atoms with Gasteiger partial charge < -0.3 is 14.6 Å². The lowest BCUT2D eigenvalue weighted by molar-refractivity contribution is 0.214. The van der Waals surface area contributed by atoms with Crippen LogP contribution in [0.25, 0.3) is 0 Å². The van der Waals surface area contributed by atoms with Crippen molar-refractivity contribution in [1.82, 2.24) is 14.4 Å². The Hall–Kier alpha value is -1.33. The molecule has 1 N–H and O–H groups in total. The average molecular weight is 321 g/mol. The van der Waals surface area contributed by atoms with Gasteiger partial charge in [-0.1, -0.05) is 20.3 Å². The summed E-state index contributed by atoms with van der Waals surface area (Å²) in [6.45, 7) is 11.4. The molecule has 0 aromatic carbocycles. The number of pyridine rings is 1. The molecule has 5 nitrogen and oxygen atoms in total. The Balaban J connectivity index is 2.03. The smallest absolute Gasteiger partial charge is 0.223 e. The van der Waals surface area contributed by atoms with Gasteiger partial charge in [0.2, 0.25) is 5.43 Å². The molecular weight excluding hydrogens is 290 g/mol. The normalized spacial score (nSPS) is 16.1. The summed E-state index contributed by atoms with van der Waals surface area (Å²) in [7, 11) is 0. The first-order valence-electron chi connectivity index (χ1n) is 9.01. The van der Waals surface area contributed by atoms with Crippen LogP contribution in [0.2, 0.25) is 0 Å². The van der Waals surface area contributed by atoms with Crippen LogP contribution < -0.4 is 5.43 Å². The van der Waals surface area contributed by atoms with Crippen molar-refractivity contribution in [2.45, 2.75) is 52.6 Å². The number of piperidine rings is 1. The number of hydrogen-bond donors (Lipinski definition) is 1. The first kappa shape index (κ1) is 18.0. The van der Waals surface area contributed by atoms with E-state index >= 15 is 0 Å². The van der Waals surface area contributed by atoms with Crippen LogP contribution >= 0.6 is 0 Å². The van der Waals surface area contributed by atoms with E-state index in [0.717, 1.165) is 57.9 Å². The minimum atomic E-state index is -0.267. The highest BCUT2D eigenvalue weighted by Crippen LogP contribution is 2.14. The molecule has 0 aliphatic carbocycles. The summed E-state index contributed by atoms with van der Waals surface area (Å²) in [6, 6.07) is 1.61. The summed E-state index contributed by atoms with van der Waals surface area (Å²) in [5, 5.41) is 9.77. The van der Waals surface area contributed by atoms with Gasteiger partial charge in [-0.15, -0.1) is 0 Å². The van der Waals surface area contributed by atoms with Gasteiger partial charge in [0.15, 0.2) is 5.75 Å². The largest absolute Gasteiger partial charge is 0.503 e. The number of aromatic nitrogens is 1. The van der Waals surface area contributed by atoms with E-state index in [0.29, 0.717) is 0 Å². The molecule has 2 heterocycles. The molecule has 1 aliphatic heterocycles. The molecule has 130 valence electrons. The van der Waals surface area contributed by atoms with Gasteiger partial charge in [-0.2, -0.15) is 0 Å². The summed E-state index contributed by atoms with van der Waals surface area (Å²) in [5.41, 5.74) is 0.756. The fraction of sp³-hybridized carbons (Fsp3) is 0.722. The Morgan fingerprint density at radius 2 is 1.87 bits per heavy atom. The fourth-order valence-electron chi connectivity index (χ4n) is 3.30. The molecule has 1 aliphatic rings. The van der Waals surface area contributed by atoms with Gasteiger partial charge in [-0.05, 0) is 52.0 Å². The van der Waals surface area contributed by atoms with Gasteiger partial charge in [-0.25, -0.2) is 0 Å². The average Bonchev–Trinajstić information content (AvgIpc) is 2.57. The zero-order valence-corrected chi connectivity index (χ0v) is 14.6. The predicted octanol–water partition coefficient (Wildman–Crippen LogP) is 2.27. The second-order valence-corrected chi connectivity index (χ2v) is 6.42. The summed E-state index contributed by atoms with van der Waals surface area (Å²) in [5.74, 6) is -0.143. The molecule has 1 fully saturated rings. The molecule has 1 aromatic rings. The number of hydrogen-bond acceptors (Lipinski definition) is 4. The van der Waals surface area contributed by atoms with Gasteiger partial charge in [0.25, 0.3) is 0 Å². The lowest BCUT2D eigenvalue weighted by atomic mass is 10.1. The van der Waals surface area contributed by atoms with E-state index in [1.54, 1.807) is 12.3 Å². The minimum Gasteiger partial charge on any atom is -0.503 e. The maximum atomic E-state index is 11.8. The van der Waals surface area contributed by atoms with E-state index < -0.39 is 0 Å². The van der Waals surface area contributed by atoms with Crippen molar-refractivity contribution in [3.8, 4) is 5.75 Å². The number of rotatable bonds is 8. The zero-order chi connectivity index (χ0) is 16.7. The third-order valence-corrected chi connectivity index (χ3v) is 4.80. The molecule has 23 heavy (non-hydrogen) atoms. The summed E-state index contributed by atoms with van der Waals surface area (Å²) in [4.78, 5) is 16.6. The van der Waals surface area contributed by atoms with Crippen molar-refractivity contribution in [2.24, 2.45) is 0 Å². The molecule has 1 saturated heterocycles. The third kappa shape index (κ3) is 5.36. The van der Waals surface area contributed by atoms with Crippen molar-refractivity contribution in [1.29, 1.82) is 0 Å². The topological polar surface area (TPSA) is 48.7 Å². The lowest BCUT2D eigenvalue weighted by Gasteiger charge is -2.28. The van der Waals surface area contributed by atoms with Crippen molar-refractivity contribution in [3.05, 3.63) is 28.2 Å². The van der Waals surface area contributed by atoms with E-state index in [1.807, 2.05) is 0 Å². The van der Waals surface area contributed by atoms with E-state index in [-0.39, 0.29) is 11.2 Å². The summed E-state index contributed by atoms with van der Waals surface area (Å²) in [6.07, 6.45) is 6.43. The Morgan fingerprint density at radius 3 is 2.52 bits per heavy atom. The molecule has 0 unspecified atom stereocenters. The highest BCUT2D eigenvalue weighted by Gasteiger charge is 2.14. The maximum Gasteiger partial charge on any atom is 0.223 e. The molecule has 0 spiro atoms. The van der Waals surface area contributed by atoms with Crippen LogP contribution in [0, 0.1) is 0 Å². The standard InChI is InChI=1S/C18H31N3O2/c1-3-19(4-2)11-8-12-21-15-18(23)17(22)13-16(21)14-20-9-6-5-7-10-20/h13,15,23H,3-12,14H2,1-2H3. The van der Waals surface area contributed by atoms with Crippen LogP contribution in [0.5, 0.6) is 5.75 Å². The minimum absolute atomic E-state index is 0.143. The van der Waals surface area contributed by atoms with E-state index in [2.05, 4.69) is 28.2 Å². The van der Waals surface area contributed by atoms with Crippen molar-refractivity contribution >= 4 is 0 Å². The molecule has 0 radical (unpaired) electrons. The highest BCUT2D eigenvalue weighted by molar-refractivity contribution is 5.20. The fourth-order valence-corrected chi connectivity index (χ4v) is 3.30. The Labute approximate surface area is 139 Å². The van der Waals surface area contributed by atoms with Gasteiger partial charge in [0.1, 0.15) is 0 Å². The van der Waals surface area contributed by atoms with Crippen LogP contribution in [0.1, 0.15) is 45.2 Å². The third-order valence-electron chi connectivity index (χ3n) is 4.80. The molecule has 1 aromatic heterocycles. The Bertz CT molecular complexity index is 532. The monoisotopic (exact) mass is 321 g/mol. The SMILES string of the molecule is CCN(CC)CCCn1cc(O)c(=O)cc1CN1CCCCC1.